The molecule has 1 aliphatic rings. The molecule has 1 aliphatic heterocycles. The number of carbonyl (C=O) groups excluding carboxylic acids is 1. The van der Waals surface area contributed by atoms with E-state index in [1.165, 1.54) is 11.1 Å². The van der Waals surface area contributed by atoms with Crippen LogP contribution in [-0.2, 0) is 12.8 Å². The number of carbonyl (C=O) groups is 1. The van der Waals surface area contributed by atoms with Gasteiger partial charge in [0.1, 0.15) is 0 Å². The van der Waals surface area contributed by atoms with Gasteiger partial charge in [0.2, 0.25) is 0 Å². The molecule has 98 valence electrons. The van der Waals surface area contributed by atoms with Gasteiger partial charge in [-0.05, 0) is 37.8 Å². The number of benzene rings is 1. The minimum absolute atomic E-state index is 0.188. The first kappa shape index (κ1) is 12.9. The topological polar surface area (TPSA) is 23.6 Å². The second-order valence-corrected chi connectivity index (χ2v) is 4.71. The van der Waals surface area contributed by atoms with Crippen LogP contribution in [0.5, 0.6) is 0 Å². The summed E-state index contributed by atoms with van der Waals surface area (Å²) in [6, 6.07) is 8.72. The number of hydrogen-bond acceptors (Lipinski definition) is 1. The van der Waals surface area contributed by atoms with Crippen LogP contribution in [0, 0.1) is 0 Å². The molecule has 0 saturated heterocycles. The summed E-state index contributed by atoms with van der Waals surface area (Å²) in [6.45, 7) is 7.33. The highest BCUT2D eigenvalue weighted by Crippen LogP contribution is 2.16. The van der Waals surface area contributed by atoms with Crippen LogP contribution in [0.15, 0.2) is 24.3 Å². The molecule has 0 spiro atoms. The summed E-state index contributed by atoms with van der Waals surface area (Å²) < 4.78 is 0. The van der Waals surface area contributed by atoms with Crippen molar-refractivity contribution in [2.75, 3.05) is 26.2 Å². The van der Waals surface area contributed by atoms with Crippen molar-refractivity contribution < 1.29 is 4.79 Å². The Hall–Kier alpha value is -1.51. The highest BCUT2D eigenvalue weighted by Gasteiger charge is 2.21. The molecule has 0 radical (unpaired) electrons. The number of urea groups is 1. The maximum absolute atomic E-state index is 12.3. The SMILES string of the molecule is CCN(CC)C(=O)N1CCc2ccccc2CC1. The third-order valence-corrected chi connectivity index (χ3v) is 3.72. The fraction of sp³-hybridized carbons (Fsp3) is 0.533. The van der Waals surface area contributed by atoms with Crippen molar-refractivity contribution in [1.82, 2.24) is 9.80 Å². The van der Waals surface area contributed by atoms with Gasteiger partial charge in [-0.25, -0.2) is 4.79 Å². The Labute approximate surface area is 109 Å². The van der Waals surface area contributed by atoms with Gasteiger partial charge in [0.15, 0.2) is 0 Å². The Morgan fingerprint density at radius 3 is 2.06 bits per heavy atom. The monoisotopic (exact) mass is 246 g/mol. The Kier molecular flexibility index (Phi) is 4.24. The third kappa shape index (κ3) is 2.66. The zero-order valence-electron chi connectivity index (χ0n) is 11.4. The molecule has 3 nitrogen and oxygen atoms in total. The van der Waals surface area contributed by atoms with Gasteiger partial charge in [0.05, 0.1) is 0 Å². The first-order chi connectivity index (χ1) is 8.76. The Balaban J connectivity index is 2.06. The van der Waals surface area contributed by atoms with E-state index in [0.29, 0.717) is 0 Å². The predicted molar refractivity (Wildman–Crippen MR) is 73.7 cm³/mol. The van der Waals surface area contributed by atoms with Crippen molar-refractivity contribution in [3.05, 3.63) is 35.4 Å². The van der Waals surface area contributed by atoms with Crippen molar-refractivity contribution in [2.45, 2.75) is 26.7 Å². The Bertz CT molecular complexity index is 386. The van der Waals surface area contributed by atoms with Crippen LogP contribution in [0.3, 0.4) is 0 Å². The molecular weight excluding hydrogens is 224 g/mol. The zero-order valence-corrected chi connectivity index (χ0v) is 11.4. The number of nitrogens with zero attached hydrogens (tertiary/aromatic N) is 2. The third-order valence-electron chi connectivity index (χ3n) is 3.72. The molecule has 2 rings (SSSR count). The lowest BCUT2D eigenvalue weighted by atomic mass is 10.0. The maximum atomic E-state index is 12.3. The predicted octanol–water partition coefficient (Wildman–Crippen LogP) is 2.55. The zero-order chi connectivity index (χ0) is 13.0. The fourth-order valence-corrected chi connectivity index (χ4v) is 2.55. The molecule has 1 heterocycles. The van der Waals surface area contributed by atoms with E-state index in [1.807, 2.05) is 23.6 Å². The average molecular weight is 246 g/mol. The van der Waals surface area contributed by atoms with Crippen LogP contribution in [0.25, 0.3) is 0 Å². The number of fused-ring (bicyclic) bond motifs is 1. The first-order valence-electron chi connectivity index (χ1n) is 6.86. The summed E-state index contributed by atoms with van der Waals surface area (Å²) in [5, 5.41) is 0. The van der Waals surface area contributed by atoms with E-state index in [1.54, 1.807) is 0 Å². The minimum atomic E-state index is 0.188. The molecule has 0 bridgehead atoms. The largest absolute Gasteiger partial charge is 0.325 e. The molecule has 0 aliphatic carbocycles. The average Bonchev–Trinajstić information content (AvgIpc) is 2.62. The summed E-state index contributed by atoms with van der Waals surface area (Å²) in [5.41, 5.74) is 2.79. The van der Waals surface area contributed by atoms with Gasteiger partial charge in [-0.1, -0.05) is 24.3 Å². The quantitative estimate of drug-likeness (QED) is 0.786. The lowest BCUT2D eigenvalue weighted by Gasteiger charge is -2.28. The van der Waals surface area contributed by atoms with Gasteiger partial charge in [-0.2, -0.15) is 0 Å². The standard InChI is InChI=1S/C15H22N2O/c1-3-16(4-2)15(18)17-11-9-13-7-5-6-8-14(13)10-12-17/h5-8H,3-4,9-12H2,1-2H3. The van der Waals surface area contributed by atoms with Gasteiger partial charge >= 0.3 is 6.03 Å². The molecule has 0 saturated carbocycles. The molecule has 0 N–H and O–H groups in total. The fourth-order valence-electron chi connectivity index (χ4n) is 2.55. The lowest BCUT2D eigenvalue weighted by molar-refractivity contribution is 0.159. The number of rotatable bonds is 2. The molecule has 0 aromatic heterocycles. The molecule has 0 atom stereocenters. The maximum Gasteiger partial charge on any atom is 0.319 e. The van der Waals surface area contributed by atoms with E-state index in [4.69, 9.17) is 0 Å². The van der Waals surface area contributed by atoms with Crippen LogP contribution in [0.2, 0.25) is 0 Å². The van der Waals surface area contributed by atoms with Gasteiger partial charge in [0, 0.05) is 26.2 Å². The van der Waals surface area contributed by atoms with E-state index in [9.17, 15) is 4.79 Å². The van der Waals surface area contributed by atoms with Crippen molar-refractivity contribution in [1.29, 1.82) is 0 Å². The summed E-state index contributed by atoms with van der Waals surface area (Å²) >= 11 is 0. The van der Waals surface area contributed by atoms with Gasteiger partial charge in [-0.15, -0.1) is 0 Å². The van der Waals surface area contributed by atoms with Gasteiger partial charge in [0.25, 0.3) is 0 Å². The van der Waals surface area contributed by atoms with Crippen LogP contribution < -0.4 is 0 Å². The van der Waals surface area contributed by atoms with Gasteiger partial charge < -0.3 is 9.80 Å². The van der Waals surface area contributed by atoms with E-state index in [0.717, 1.165) is 39.0 Å². The smallest absolute Gasteiger partial charge is 0.319 e. The number of amides is 2. The summed E-state index contributed by atoms with van der Waals surface area (Å²) in [7, 11) is 0. The van der Waals surface area contributed by atoms with Crippen LogP contribution in [0.4, 0.5) is 4.79 Å². The Morgan fingerprint density at radius 1 is 1.11 bits per heavy atom. The molecule has 1 aromatic carbocycles. The highest BCUT2D eigenvalue weighted by molar-refractivity contribution is 5.74. The highest BCUT2D eigenvalue weighted by atomic mass is 16.2. The number of hydrogen-bond donors (Lipinski definition) is 0. The summed E-state index contributed by atoms with van der Waals surface area (Å²) in [4.78, 5) is 16.2. The van der Waals surface area contributed by atoms with Crippen molar-refractivity contribution in [3.63, 3.8) is 0 Å². The molecule has 18 heavy (non-hydrogen) atoms. The molecule has 0 unspecified atom stereocenters. The second kappa shape index (κ2) is 5.89. The normalized spacial score (nSPS) is 14.9. The van der Waals surface area contributed by atoms with E-state index >= 15 is 0 Å². The van der Waals surface area contributed by atoms with Crippen molar-refractivity contribution in [3.8, 4) is 0 Å². The molecule has 3 heteroatoms. The summed E-state index contributed by atoms with van der Waals surface area (Å²) in [5.74, 6) is 0. The van der Waals surface area contributed by atoms with Crippen LogP contribution in [0.1, 0.15) is 25.0 Å². The molecular formula is C15H22N2O. The Morgan fingerprint density at radius 2 is 1.61 bits per heavy atom. The van der Waals surface area contributed by atoms with E-state index in [-0.39, 0.29) is 6.03 Å². The van der Waals surface area contributed by atoms with Crippen molar-refractivity contribution >= 4 is 6.03 Å². The summed E-state index contributed by atoms with van der Waals surface area (Å²) in [6.07, 6.45) is 1.95. The van der Waals surface area contributed by atoms with Gasteiger partial charge in [-0.3, -0.25) is 0 Å². The van der Waals surface area contributed by atoms with E-state index in [2.05, 4.69) is 24.3 Å². The van der Waals surface area contributed by atoms with Crippen LogP contribution in [-0.4, -0.2) is 42.0 Å². The van der Waals surface area contributed by atoms with E-state index < -0.39 is 0 Å². The first-order valence-corrected chi connectivity index (χ1v) is 6.86. The van der Waals surface area contributed by atoms with Crippen LogP contribution >= 0.6 is 0 Å². The molecule has 1 aromatic rings. The van der Waals surface area contributed by atoms with Crippen molar-refractivity contribution in [2.24, 2.45) is 0 Å². The second-order valence-electron chi connectivity index (χ2n) is 4.71. The molecule has 0 fully saturated rings. The lowest BCUT2D eigenvalue weighted by Crippen LogP contribution is -2.44. The minimum Gasteiger partial charge on any atom is -0.325 e. The molecule has 2 amide bonds.